The van der Waals surface area contributed by atoms with Crippen LogP contribution in [0.5, 0.6) is 5.75 Å². The number of carbonyl (C=O) groups is 2. The summed E-state index contributed by atoms with van der Waals surface area (Å²) in [4.78, 5) is 54.2. The fourth-order valence-corrected chi connectivity index (χ4v) is 32.8. The zero-order valence-corrected chi connectivity index (χ0v) is 61.9. The Morgan fingerprint density at radius 1 is 0.261 bits per heavy atom. The molecule has 2 aliphatic heterocycles. The number of hydrogen-bond donors (Lipinski definition) is 2. The Labute approximate surface area is 659 Å². The van der Waals surface area contributed by atoms with Crippen LogP contribution in [-0.2, 0) is 29.9 Å². The predicted octanol–water partition coefficient (Wildman–Crippen LogP) is 26.7. The van der Waals surface area contributed by atoms with Gasteiger partial charge in [-0.3, -0.25) is 9.59 Å². The third-order valence-corrected chi connectivity index (χ3v) is 34.8. The Kier molecular flexibility index (Phi) is 6.50. The van der Waals surface area contributed by atoms with Gasteiger partial charge in [0.15, 0.2) is 5.41 Å². The van der Waals surface area contributed by atoms with Crippen molar-refractivity contribution in [1.82, 2.24) is 19.9 Å². The number of rotatable bonds is 10. The molecule has 42 rings (SSSR count). The van der Waals surface area contributed by atoms with Crippen molar-refractivity contribution in [3.05, 3.63) is 185 Å². The molecule has 526 valence electrons. The highest BCUT2D eigenvalue weighted by atomic mass is 16.6. The molecule has 7 aliphatic rings. The maximum Gasteiger partial charge on any atom is 0.326 e. The first-order valence-corrected chi connectivity index (χ1v) is 42.1. The molecular formula is C110H36N4O5. The quantitative estimate of drug-likeness (QED) is 0.0606. The average Bonchev–Trinajstić information content (AvgIpc) is 1.35. The van der Waals surface area contributed by atoms with E-state index in [2.05, 4.69) is 162 Å². The van der Waals surface area contributed by atoms with Crippen LogP contribution in [0.2, 0.25) is 0 Å². The van der Waals surface area contributed by atoms with E-state index in [0.29, 0.717) is 5.75 Å². The topological polar surface area (TPSA) is 119 Å². The molecule has 5 heterocycles. The molecule has 119 heavy (non-hydrogen) atoms. The van der Waals surface area contributed by atoms with Crippen LogP contribution in [0.15, 0.2) is 140 Å². The van der Waals surface area contributed by atoms with Gasteiger partial charge in [0.2, 0.25) is 0 Å². The summed E-state index contributed by atoms with van der Waals surface area (Å²) < 4.78 is 20.8. The number of benzene rings is 22. The average molecular weight is 1490 g/mol. The summed E-state index contributed by atoms with van der Waals surface area (Å²) >= 11 is 0. The van der Waals surface area contributed by atoms with E-state index < -0.39 is 28.2 Å². The molecule has 0 atom stereocenters. The van der Waals surface area contributed by atoms with Crippen LogP contribution in [0.1, 0.15) is 45.0 Å². The summed E-state index contributed by atoms with van der Waals surface area (Å²) in [6.45, 7) is -0.0518. The second-order valence-electron chi connectivity index (χ2n) is 37.6. The lowest BCUT2D eigenvalue weighted by molar-refractivity contribution is -0.165. The number of hydrogen-bond acceptors (Lipinski definition) is 7. The minimum atomic E-state index is -1.87. The Bertz CT molecular complexity index is 10400. The number of aromatic nitrogens is 4. The number of nitrogens with one attached hydrogen (secondary N) is 2. The van der Waals surface area contributed by atoms with E-state index in [1.54, 1.807) is 17.9 Å². The molecule has 32 aromatic carbocycles. The van der Waals surface area contributed by atoms with E-state index in [1.165, 1.54) is 302 Å². The summed E-state index contributed by atoms with van der Waals surface area (Å²) in [7, 11) is 1.55. The van der Waals surface area contributed by atoms with E-state index in [-0.39, 0.29) is 13.2 Å². The molecule has 5 aliphatic carbocycles. The van der Waals surface area contributed by atoms with Crippen molar-refractivity contribution >= 4 is 349 Å². The fourth-order valence-electron chi connectivity index (χ4n) is 32.8. The maximum absolute atomic E-state index is 17.9. The largest absolute Gasteiger partial charge is 0.490 e. The first-order chi connectivity index (χ1) is 59.0. The summed E-state index contributed by atoms with van der Waals surface area (Å²) in [5.74, 6) is -0.389. The fraction of sp³-hybridized carbons (Fsp3) is 0.0545. The normalized spacial score (nSPS) is 19.3. The third-order valence-electron chi connectivity index (χ3n) is 34.8. The number of esters is 2. The lowest BCUT2D eigenvalue weighted by Gasteiger charge is -2.32. The summed E-state index contributed by atoms with van der Waals surface area (Å²) in [6.07, 6.45) is 8.55. The van der Waals surface area contributed by atoms with E-state index in [1.807, 2.05) is 12.1 Å². The van der Waals surface area contributed by atoms with Gasteiger partial charge >= 0.3 is 11.9 Å². The highest BCUT2D eigenvalue weighted by molar-refractivity contribution is 6.83. The van der Waals surface area contributed by atoms with Crippen LogP contribution in [0.4, 0.5) is 0 Å². The van der Waals surface area contributed by atoms with Crippen molar-refractivity contribution in [2.24, 2.45) is 5.41 Å². The van der Waals surface area contributed by atoms with Crippen molar-refractivity contribution in [1.29, 1.82) is 0 Å². The molecule has 2 N–H and O–H groups in total. The SMILES string of the molecule is COC(=O)C1(C(=O)OCCOc2ccc(-c3c4nc(c(-c5ccccc5)c5ccc([nH]5)c(-c5ccccc5)c5nc(c(-c6ccccc6)c6ccc3[nH]6)C=C5)C=C4)cc2)C23c4c5c6c7c8c9c(c%10c%11c2c2c4c4c%12c5c5c6c6c8c8c%13c9c9c%10c%10c%11c%11c2c2c4c4c%12c%12c5c5c6c8c6c8c%13c9c9c%10c%10c%11c2c2c4c4c%12c5c6c5c8c9c%10c2c45)C713. The Morgan fingerprint density at radius 3 is 0.706 bits per heavy atom. The van der Waals surface area contributed by atoms with E-state index in [4.69, 9.17) is 24.2 Å². The number of nitrogens with zero attached hydrogens (tertiary/aromatic N) is 2. The van der Waals surface area contributed by atoms with Gasteiger partial charge in [-0.25, -0.2) is 9.97 Å². The summed E-state index contributed by atoms with van der Waals surface area (Å²) in [5.41, 5.74) is 15.5. The number of ether oxygens (including phenoxy) is 3. The van der Waals surface area contributed by atoms with Crippen molar-refractivity contribution in [3.8, 4) is 50.3 Å². The summed E-state index contributed by atoms with van der Waals surface area (Å²) in [5, 5.41) is 77.9. The molecule has 1 fully saturated rings. The lowest BCUT2D eigenvalue weighted by atomic mass is 9.68. The molecule has 3 aromatic heterocycles. The minimum Gasteiger partial charge on any atom is -0.490 e. The smallest absolute Gasteiger partial charge is 0.326 e. The summed E-state index contributed by atoms with van der Waals surface area (Å²) in [6, 6.07) is 48.5. The third kappa shape index (κ3) is 3.96. The van der Waals surface area contributed by atoms with Crippen molar-refractivity contribution in [2.75, 3.05) is 20.3 Å². The van der Waals surface area contributed by atoms with E-state index >= 15 is 9.59 Å². The second kappa shape index (κ2) is 14.6. The van der Waals surface area contributed by atoms with Gasteiger partial charge in [-0.2, -0.15) is 0 Å². The molecule has 1 saturated carbocycles. The zero-order chi connectivity index (χ0) is 74.4. The van der Waals surface area contributed by atoms with Crippen LogP contribution >= 0.6 is 0 Å². The van der Waals surface area contributed by atoms with Gasteiger partial charge in [0.25, 0.3) is 0 Å². The number of fused-ring (bicyclic) bond motifs is 8. The molecule has 9 nitrogen and oxygen atoms in total. The van der Waals surface area contributed by atoms with Crippen LogP contribution in [0.25, 0.3) is 382 Å². The van der Waals surface area contributed by atoms with Gasteiger partial charge in [0.05, 0.1) is 40.7 Å². The second-order valence-corrected chi connectivity index (χ2v) is 37.6. The number of carbonyl (C=O) groups excluding carboxylic acids is 2. The van der Waals surface area contributed by atoms with Gasteiger partial charge in [0, 0.05) is 44.3 Å². The van der Waals surface area contributed by atoms with Gasteiger partial charge in [-0.15, -0.1) is 0 Å². The Hall–Kier alpha value is -15.3. The molecule has 0 unspecified atom stereocenters. The lowest BCUT2D eigenvalue weighted by Crippen LogP contribution is -2.38. The van der Waals surface area contributed by atoms with Crippen LogP contribution in [0.3, 0.4) is 0 Å². The highest BCUT2D eigenvalue weighted by Crippen LogP contribution is 2.97. The van der Waals surface area contributed by atoms with Crippen molar-refractivity contribution < 1.29 is 23.8 Å². The number of aromatic amines is 2. The zero-order valence-electron chi connectivity index (χ0n) is 61.9. The van der Waals surface area contributed by atoms with Crippen LogP contribution in [0, 0.1) is 5.41 Å². The van der Waals surface area contributed by atoms with E-state index in [9.17, 15) is 0 Å². The van der Waals surface area contributed by atoms with Crippen LogP contribution in [-0.4, -0.2) is 52.2 Å². The molecule has 0 saturated heterocycles. The molecule has 35 aromatic rings. The number of methoxy groups -OCH3 is 1. The predicted molar refractivity (Wildman–Crippen MR) is 485 cm³/mol. The highest BCUT2D eigenvalue weighted by Gasteiger charge is 3.01. The minimum absolute atomic E-state index is 0.0441. The molecule has 0 amide bonds. The van der Waals surface area contributed by atoms with Crippen molar-refractivity contribution in [3.63, 3.8) is 0 Å². The molecule has 8 bridgehead atoms. The standard InChI is InChI=1S/C110H36N4O5/c1-117-106(115)110(107(116)119-30-29-118-35-19-17-34(18-20-35)47-42-27-25-40(113-42)45(32-13-7-3-8-14-32)38-23-21-36(111-38)44(31-11-5-2-6-12-31)37-22-24-39(112-37)46(33-15-9-4-10-16-33)41-26-28-43(47)114-41)108-102-94-86-76-66-58-50-48-49-52-56-54(50)62-70-64(56)74-68-60(52)61-53(49)57-55-51(48)59(58)67-73-63(55)71-65(57)75-69(61)79-78(68)88-82(74)92-84(70)90(80(86)72(62)66)98(102)100(92)104-96(88)97-89(79)83(75)93-85(71)91-81(73)87(77(67)76)95(94)103(108)99(91)101(93)105(97)109(104,108)110/h2-28,111,114H,29-30H2,1H3. The van der Waals surface area contributed by atoms with Gasteiger partial charge in [0.1, 0.15) is 19.0 Å². The monoisotopic (exact) mass is 1490 g/mol. The first-order valence-electron chi connectivity index (χ1n) is 42.1. The maximum atomic E-state index is 17.9. The van der Waals surface area contributed by atoms with Gasteiger partial charge in [-0.05, 0) is 396 Å². The first kappa shape index (κ1) is 53.0. The van der Waals surface area contributed by atoms with Crippen LogP contribution < -0.4 is 4.74 Å². The Morgan fingerprint density at radius 2 is 0.479 bits per heavy atom. The van der Waals surface area contributed by atoms with E-state index in [0.717, 1.165) is 89.4 Å². The van der Waals surface area contributed by atoms with Crippen molar-refractivity contribution in [2.45, 2.75) is 10.8 Å². The Balaban J connectivity index is 0.545. The molecule has 0 radical (unpaired) electrons. The number of H-pyrrole nitrogens is 2. The molecular weight excluding hydrogens is 1460 g/mol. The van der Waals surface area contributed by atoms with Gasteiger partial charge in [-0.1, -0.05) is 103 Å². The molecule has 9 heteroatoms. The van der Waals surface area contributed by atoms with Gasteiger partial charge < -0.3 is 24.2 Å². The molecule has 2 spiro atoms.